The number of amides is 5. The number of nitrogens with two attached hydrogens (primary N) is 2. The Morgan fingerprint density at radius 2 is 1.56 bits per heavy atom. The van der Waals surface area contributed by atoms with Gasteiger partial charge in [-0.15, -0.1) is 0 Å². The van der Waals surface area contributed by atoms with Crippen molar-refractivity contribution < 1.29 is 39.0 Å². The van der Waals surface area contributed by atoms with Crippen LogP contribution in [0.25, 0.3) is 0 Å². The van der Waals surface area contributed by atoms with E-state index in [4.69, 9.17) is 11.5 Å². The first kappa shape index (κ1) is 33.3. The van der Waals surface area contributed by atoms with E-state index in [1.807, 2.05) is 0 Å². The molecule has 1 aliphatic heterocycles. The molecule has 226 valence electrons. The fourth-order valence-electron chi connectivity index (χ4n) is 4.45. The van der Waals surface area contributed by atoms with Crippen molar-refractivity contribution in [3.05, 3.63) is 35.9 Å². The summed E-state index contributed by atoms with van der Waals surface area (Å²) in [4.78, 5) is 75.1. The van der Waals surface area contributed by atoms with E-state index in [2.05, 4.69) is 21.3 Å². The summed E-state index contributed by atoms with van der Waals surface area (Å²) < 4.78 is 0. The van der Waals surface area contributed by atoms with E-state index >= 15 is 0 Å². The molecule has 0 radical (unpaired) electrons. The summed E-state index contributed by atoms with van der Waals surface area (Å²) in [5.74, 6) is -4.84. The molecule has 1 saturated heterocycles. The molecule has 1 aliphatic rings. The predicted molar refractivity (Wildman–Crippen MR) is 146 cm³/mol. The second kappa shape index (κ2) is 17.0. The van der Waals surface area contributed by atoms with E-state index in [-0.39, 0.29) is 38.0 Å². The molecule has 1 aromatic rings. The first-order valence-corrected chi connectivity index (χ1v) is 13.6. The number of hydrogen-bond acceptors (Lipinski definition) is 9. The van der Waals surface area contributed by atoms with Crippen molar-refractivity contribution in [2.75, 3.05) is 19.8 Å². The van der Waals surface area contributed by atoms with Gasteiger partial charge < -0.3 is 37.6 Å². The van der Waals surface area contributed by atoms with Gasteiger partial charge in [0.15, 0.2) is 5.78 Å². The number of carbonyl (C=O) groups excluding carboxylic acids is 6. The summed E-state index contributed by atoms with van der Waals surface area (Å²) in [6.45, 7) is -1.08. The van der Waals surface area contributed by atoms with Crippen molar-refractivity contribution in [3.8, 4) is 0 Å². The Morgan fingerprint density at radius 1 is 0.902 bits per heavy atom. The third-order valence-electron chi connectivity index (χ3n) is 6.86. The van der Waals surface area contributed by atoms with E-state index in [9.17, 15) is 39.0 Å². The number of benzene rings is 1. The quantitative estimate of drug-likeness (QED) is 0.127. The maximum absolute atomic E-state index is 13.2. The summed E-state index contributed by atoms with van der Waals surface area (Å²) in [6.07, 6.45) is 1.03. The number of rotatable bonds is 12. The Hall–Kier alpha value is -3.88. The molecule has 14 heteroatoms. The van der Waals surface area contributed by atoms with Gasteiger partial charge in [0.1, 0.15) is 18.1 Å². The van der Waals surface area contributed by atoms with E-state index < -0.39 is 72.7 Å². The molecule has 0 spiro atoms. The number of primary amides is 2. The van der Waals surface area contributed by atoms with Crippen molar-refractivity contribution in [1.82, 2.24) is 21.3 Å². The average molecular weight is 577 g/mol. The van der Waals surface area contributed by atoms with Crippen LogP contribution in [0.15, 0.2) is 30.3 Å². The molecule has 0 bridgehead atoms. The van der Waals surface area contributed by atoms with Crippen LogP contribution in [0, 0.1) is 5.92 Å². The van der Waals surface area contributed by atoms with Gasteiger partial charge in [0, 0.05) is 31.7 Å². The molecule has 14 nitrogen and oxygen atoms in total. The molecule has 0 aromatic heterocycles. The van der Waals surface area contributed by atoms with Gasteiger partial charge in [-0.05, 0) is 24.8 Å². The smallest absolute Gasteiger partial charge is 0.245 e. The van der Waals surface area contributed by atoms with Crippen LogP contribution in [-0.2, 0) is 35.2 Å². The standard InChI is InChI=1S/C27H40N6O8/c28-24(38)19(12-16-6-2-1-3-7-16)32-27(41)21(15-35)33-26(40)17-8-4-5-11-30-23(37)10-9-18(22(36)13-17)31-20(14-34)25(29)39/h1-3,6-7,17-21,31,34-35H,4-5,8-15H2,(H2,28,38)(H2,29,39)(H,30,37)(H,32,41)(H,33,40)/t17?,18?,19-,20-,21-/m0/s1. The number of Topliss-reactive ketones (excluding diaryl/α,β-unsaturated/α-hetero) is 1. The number of aliphatic hydroxyl groups excluding tert-OH is 2. The van der Waals surface area contributed by atoms with Gasteiger partial charge in [-0.3, -0.25) is 34.1 Å². The van der Waals surface area contributed by atoms with Gasteiger partial charge in [-0.2, -0.15) is 0 Å². The highest BCUT2D eigenvalue weighted by Gasteiger charge is 2.32. The zero-order chi connectivity index (χ0) is 30.4. The van der Waals surface area contributed by atoms with E-state index in [0.29, 0.717) is 19.4 Å². The third kappa shape index (κ3) is 11.3. The van der Waals surface area contributed by atoms with Gasteiger partial charge in [0.2, 0.25) is 29.5 Å². The lowest BCUT2D eigenvalue weighted by molar-refractivity contribution is -0.135. The predicted octanol–water partition coefficient (Wildman–Crippen LogP) is -2.86. The van der Waals surface area contributed by atoms with Crippen LogP contribution >= 0.6 is 0 Å². The molecule has 0 saturated carbocycles. The van der Waals surface area contributed by atoms with Crippen LogP contribution in [0.1, 0.15) is 44.1 Å². The zero-order valence-electron chi connectivity index (χ0n) is 22.8. The first-order chi connectivity index (χ1) is 19.5. The zero-order valence-corrected chi connectivity index (χ0v) is 22.8. The van der Waals surface area contributed by atoms with Crippen molar-refractivity contribution in [2.45, 2.75) is 69.1 Å². The number of ketones is 1. The van der Waals surface area contributed by atoms with Crippen LogP contribution < -0.4 is 32.7 Å². The lowest BCUT2D eigenvalue weighted by atomic mass is 9.90. The summed E-state index contributed by atoms with van der Waals surface area (Å²) in [5, 5.41) is 29.6. The number of hydrogen-bond donors (Lipinski definition) is 8. The van der Waals surface area contributed by atoms with Crippen molar-refractivity contribution in [3.63, 3.8) is 0 Å². The van der Waals surface area contributed by atoms with Crippen molar-refractivity contribution >= 4 is 35.3 Å². The van der Waals surface area contributed by atoms with Crippen LogP contribution in [0.5, 0.6) is 0 Å². The van der Waals surface area contributed by atoms with Gasteiger partial charge in [-0.25, -0.2) is 0 Å². The average Bonchev–Trinajstić information content (AvgIpc) is 2.94. The van der Waals surface area contributed by atoms with Gasteiger partial charge in [-0.1, -0.05) is 36.8 Å². The highest BCUT2D eigenvalue weighted by molar-refractivity contribution is 5.94. The summed E-state index contributed by atoms with van der Waals surface area (Å²) in [7, 11) is 0. The van der Waals surface area contributed by atoms with E-state index in [0.717, 1.165) is 5.56 Å². The molecule has 5 atom stereocenters. The van der Waals surface area contributed by atoms with Gasteiger partial charge in [0.25, 0.3) is 0 Å². The molecule has 0 aliphatic carbocycles. The molecule has 5 amide bonds. The second-order valence-corrected chi connectivity index (χ2v) is 10.0. The Bertz CT molecular complexity index is 1070. The lowest BCUT2D eigenvalue weighted by Gasteiger charge is -2.26. The number of aliphatic hydroxyl groups is 2. The van der Waals surface area contributed by atoms with E-state index in [1.54, 1.807) is 30.3 Å². The maximum atomic E-state index is 13.2. The van der Waals surface area contributed by atoms with Crippen molar-refractivity contribution in [1.29, 1.82) is 0 Å². The number of carbonyl (C=O) groups is 6. The third-order valence-corrected chi connectivity index (χ3v) is 6.86. The molecular weight excluding hydrogens is 536 g/mol. The highest BCUT2D eigenvalue weighted by Crippen LogP contribution is 2.18. The fourth-order valence-corrected chi connectivity index (χ4v) is 4.45. The minimum atomic E-state index is -1.42. The van der Waals surface area contributed by atoms with Crippen LogP contribution in [0.4, 0.5) is 0 Å². The minimum absolute atomic E-state index is 0.000374. The Kier molecular flexibility index (Phi) is 13.9. The molecule has 1 fully saturated rings. The number of nitrogens with one attached hydrogen (secondary N) is 4. The Labute approximate surface area is 238 Å². The Balaban J connectivity index is 2.14. The molecule has 1 aromatic carbocycles. The first-order valence-electron chi connectivity index (χ1n) is 13.6. The summed E-state index contributed by atoms with van der Waals surface area (Å²) in [6, 6.07) is 4.05. The molecule has 41 heavy (non-hydrogen) atoms. The maximum Gasteiger partial charge on any atom is 0.245 e. The topological polar surface area (TPSA) is 243 Å². The van der Waals surface area contributed by atoms with Crippen LogP contribution in [0.3, 0.4) is 0 Å². The summed E-state index contributed by atoms with van der Waals surface area (Å²) >= 11 is 0. The Morgan fingerprint density at radius 3 is 2.17 bits per heavy atom. The minimum Gasteiger partial charge on any atom is -0.394 e. The van der Waals surface area contributed by atoms with Gasteiger partial charge in [0.05, 0.1) is 19.3 Å². The highest BCUT2D eigenvalue weighted by atomic mass is 16.3. The second-order valence-electron chi connectivity index (χ2n) is 10.0. The fraction of sp³-hybridized carbons (Fsp3) is 0.556. The molecule has 1 heterocycles. The molecular formula is C27H40N6O8. The van der Waals surface area contributed by atoms with Crippen LogP contribution in [0.2, 0.25) is 0 Å². The molecule has 10 N–H and O–H groups in total. The van der Waals surface area contributed by atoms with Crippen molar-refractivity contribution in [2.24, 2.45) is 17.4 Å². The molecule has 2 unspecified atom stereocenters. The lowest BCUT2D eigenvalue weighted by Crippen LogP contribution is -2.56. The SMILES string of the molecule is NC(=O)[C@H](Cc1ccccc1)NC(=O)[C@H](CO)NC(=O)C1CCCCNC(=O)CCC(N[C@@H](CO)C(N)=O)C(=O)C1. The normalized spacial score (nSPS) is 20.7. The van der Waals surface area contributed by atoms with E-state index in [1.165, 1.54) is 0 Å². The van der Waals surface area contributed by atoms with Gasteiger partial charge >= 0.3 is 0 Å². The largest absolute Gasteiger partial charge is 0.394 e. The van der Waals surface area contributed by atoms with Crippen LogP contribution in [-0.4, -0.2) is 89.5 Å². The molecule has 2 rings (SSSR count). The summed E-state index contributed by atoms with van der Waals surface area (Å²) in [5.41, 5.74) is 11.5. The monoisotopic (exact) mass is 576 g/mol.